The molecule has 2 N–H and O–H groups in total. The van der Waals surface area contributed by atoms with Crippen molar-refractivity contribution in [3.8, 4) is 0 Å². The highest BCUT2D eigenvalue weighted by atomic mass is 35.5. The standard InChI is InChI=1S/C12H16ClN3O4S.ClH/c1-8-7-14-5-4-10(8)15-21(19,20)12-6-9(13)2-3-11(12)16(17)18;/h2-3,6,8,10,14-15H,4-5,7H2,1H3;1H. The highest BCUT2D eigenvalue weighted by Crippen LogP contribution is 2.27. The van der Waals surface area contributed by atoms with Crippen LogP contribution in [0.15, 0.2) is 23.1 Å². The first-order chi connectivity index (χ1) is 9.81. The second-order valence-electron chi connectivity index (χ2n) is 5.07. The molecule has 0 bridgehead atoms. The molecule has 1 aliphatic heterocycles. The number of nitrogens with zero attached hydrogens (tertiary/aromatic N) is 1. The van der Waals surface area contributed by atoms with Gasteiger partial charge >= 0.3 is 0 Å². The summed E-state index contributed by atoms with van der Waals surface area (Å²) in [7, 11) is -3.99. The zero-order chi connectivity index (χ0) is 15.6. The highest BCUT2D eigenvalue weighted by Gasteiger charge is 2.31. The predicted octanol–water partition coefficient (Wildman–Crippen LogP) is 1.95. The first-order valence-electron chi connectivity index (χ1n) is 6.48. The van der Waals surface area contributed by atoms with Gasteiger partial charge in [-0.05, 0) is 37.6 Å². The van der Waals surface area contributed by atoms with Gasteiger partial charge in [0.1, 0.15) is 0 Å². The number of rotatable bonds is 4. The normalized spacial score (nSPS) is 21.9. The third kappa shape index (κ3) is 4.30. The van der Waals surface area contributed by atoms with E-state index in [2.05, 4.69) is 10.0 Å². The maximum atomic E-state index is 12.4. The van der Waals surface area contributed by atoms with Crippen molar-refractivity contribution in [1.29, 1.82) is 0 Å². The second-order valence-corrected chi connectivity index (χ2v) is 7.19. The summed E-state index contributed by atoms with van der Waals surface area (Å²) in [6.07, 6.45) is 0.634. The van der Waals surface area contributed by atoms with Crippen LogP contribution in [0.4, 0.5) is 5.69 Å². The van der Waals surface area contributed by atoms with Gasteiger partial charge in [-0.3, -0.25) is 10.1 Å². The molecule has 1 aromatic carbocycles. The number of hydrogen-bond acceptors (Lipinski definition) is 5. The lowest BCUT2D eigenvalue weighted by Gasteiger charge is -2.29. The second kappa shape index (κ2) is 7.56. The summed E-state index contributed by atoms with van der Waals surface area (Å²) in [6, 6.07) is 3.25. The number of benzene rings is 1. The van der Waals surface area contributed by atoms with E-state index in [0.29, 0.717) is 19.5 Å². The van der Waals surface area contributed by atoms with E-state index in [-0.39, 0.29) is 29.4 Å². The number of sulfonamides is 1. The minimum atomic E-state index is -3.99. The average Bonchev–Trinajstić information content (AvgIpc) is 2.41. The number of nitro benzene ring substituents is 1. The summed E-state index contributed by atoms with van der Waals surface area (Å²) in [5, 5.41) is 14.3. The van der Waals surface area contributed by atoms with E-state index in [1.807, 2.05) is 6.92 Å². The van der Waals surface area contributed by atoms with Crippen LogP contribution < -0.4 is 10.0 Å². The molecule has 0 amide bonds. The van der Waals surface area contributed by atoms with E-state index in [0.717, 1.165) is 12.1 Å². The van der Waals surface area contributed by atoms with Gasteiger partial charge < -0.3 is 5.32 Å². The fraction of sp³-hybridized carbons (Fsp3) is 0.500. The molecule has 2 atom stereocenters. The van der Waals surface area contributed by atoms with Crippen LogP contribution in [0.1, 0.15) is 13.3 Å². The van der Waals surface area contributed by atoms with Crippen molar-refractivity contribution in [3.63, 3.8) is 0 Å². The summed E-state index contributed by atoms with van der Waals surface area (Å²) in [5.74, 6) is 0.103. The van der Waals surface area contributed by atoms with Gasteiger partial charge in [0, 0.05) is 17.1 Å². The quantitative estimate of drug-likeness (QED) is 0.623. The molecular formula is C12H17Cl2N3O4S. The van der Waals surface area contributed by atoms with E-state index >= 15 is 0 Å². The van der Waals surface area contributed by atoms with E-state index in [1.165, 1.54) is 6.07 Å². The number of piperidine rings is 1. The molecule has 2 rings (SSSR count). The Labute approximate surface area is 140 Å². The molecule has 7 nitrogen and oxygen atoms in total. The maximum Gasteiger partial charge on any atom is 0.289 e. The van der Waals surface area contributed by atoms with Crippen LogP contribution in [0.3, 0.4) is 0 Å². The third-order valence-electron chi connectivity index (χ3n) is 3.50. The first kappa shape index (κ1) is 19.1. The molecule has 0 spiro atoms. The van der Waals surface area contributed by atoms with Crippen molar-refractivity contribution in [1.82, 2.24) is 10.0 Å². The molecular weight excluding hydrogens is 353 g/mol. The molecule has 2 unspecified atom stereocenters. The largest absolute Gasteiger partial charge is 0.316 e. The summed E-state index contributed by atoms with van der Waals surface area (Å²) in [4.78, 5) is 9.87. The Hall–Kier alpha value is -0.930. The summed E-state index contributed by atoms with van der Waals surface area (Å²) >= 11 is 5.77. The lowest BCUT2D eigenvalue weighted by Crippen LogP contribution is -2.48. The lowest BCUT2D eigenvalue weighted by atomic mass is 9.97. The Morgan fingerprint density at radius 2 is 2.14 bits per heavy atom. The van der Waals surface area contributed by atoms with Crippen molar-refractivity contribution in [3.05, 3.63) is 33.3 Å². The van der Waals surface area contributed by atoms with Gasteiger partial charge in [0.2, 0.25) is 10.0 Å². The SMILES string of the molecule is CC1CNCCC1NS(=O)(=O)c1cc(Cl)ccc1[N+](=O)[O-].Cl. The zero-order valence-corrected chi connectivity index (χ0v) is 14.2. The van der Waals surface area contributed by atoms with Crippen LogP contribution in [-0.4, -0.2) is 32.5 Å². The monoisotopic (exact) mass is 369 g/mol. The van der Waals surface area contributed by atoms with Crippen molar-refractivity contribution < 1.29 is 13.3 Å². The molecule has 0 aromatic heterocycles. The fourth-order valence-corrected chi connectivity index (χ4v) is 4.12. The molecule has 1 aromatic rings. The van der Waals surface area contributed by atoms with Gasteiger partial charge in [-0.2, -0.15) is 0 Å². The summed E-state index contributed by atoms with van der Waals surface area (Å²) in [6.45, 7) is 3.33. The van der Waals surface area contributed by atoms with Crippen LogP contribution >= 0.6 is 24.0 Å². The smallest absolute Gasteiger partial charge is 0.289 e. The minimum Gasteiger partial charge on any atom is -0.316 e. The Morgan fingerprint density at radius 1 is 1.45 bits per heavy atom. The van der Waals surface area contributed by atoms with Gasteiger partial charge in [0.05, 0.1) is 4.92 Å². The molecule has 124 valence electrons. The van der Waals surface area contributed by atoms with Crippen LogP contribution in [0, 0.1) is 16.0 Å². The van der Waals surface area contributed by atoms with E-state index in [4.69, 9.17) is 11.6 Å². The third-order valence-corrected chi connectivity index (χ3v) is 5.25. The van der Waals surface area contributed by atoms with E-state index in [9.17, 15) is 18.5 Å². The van der Waals surface area contributed by atoms with Crippen molar-refractivity contribution in [2.75, 3.05) is 13.1 Å². The van der Waals surface area contributed by atoms with Crippen LogP contribution in [-0.2, 0) is 10.0 Å². The molecule has 1 aliphatic rings. The minimum absolute atomic E-state index is 0. The molecule has 1 heterocycles. The first-order valence-corrected chi connectivity index (χ1v) is 8.34. The molecule has 1 fully saturated rings. The number of halogens is 2. The van der Waals surface area contributed by atoms with Gasteiger partial charge in [-0.25, -0.2) is 13.1 Å². The van der Waals surface area contributed by atoms with Crippen LogP contribution in [0.5, 0.6) is 0 Å². The van der Waals surface area contributed by atoms with E-state index < -0.39 is 25.5 Å². The van der Waals surface area contributed by atoms with Crippen molar-refractivity contribution in [2.24, 2.45) is 5.92 Å². The van der Waals surface area contributed by atoms with Crippen LogP contribution in [0.2, 0.25) is 5.02 Å². The molecule has 1 saturated heterocycles. The molecule has 0 saturated carbocycles. The van der Waals surface area contributed by atoms with Crippen molar-refractivity contribution >= 4 is 39.7 Å². The molecule has 0 radical (unpaired) electrons. The molecule has 0 aliphatic carbocycles. The number of nitrogens with one attached hydrogen (secondary N) is 2. The average molecular weight is 370 g/mol. The molecule has 10 heteroatoms. The predicted molar refractivity (Wildman–Crippen MR) is 86.1 cm³/mol. The van der Waals surface area contributed by atoms with Gasteiger partial charge in [0.15, 0.2) is 4.90 Å². The van der Waals surface area contributed by atoms with E-state index in [1.54, 1.807) is 0 Å². The lowest BCUT2D eigenvalue weighted by molar-refractivity contribution is -0.387. The van der Waals surface area contributed by atoms with Gasteiger partial charge in [0.25, 0.3) is 5.69 Å². The number of nitro groups is 1. The fourth-order valence-electron chi connectivity index (χ4n) is 2.31. The summed E-state index contributed by atoms with van der Waals surface area (Å²) in [5.41, 5.74) is -0.478. The zero-order valence-electron chi connectivity index (χ0n) is 11.8. The Morgan fingerprint density at radius 3 is 2.73 bits per heavy atom. The Kier molecular flexibility index (Phi) is 6.57. The molecule has 22 heavy (non-hydrogen) atoms. The van der Waals surface area contributed by atoms with Crippen LogP contribution in [0.25, 0.3) is 0 Å². The summed E-state index contributed by atoms with van der Waals surface area (Å²) < 4.78 is 27.4. The topological polar surface area (TPSA) is 101 Å². The Bertz CT molecular complexity index is 654. The Balaban J connectivity index is 0.00000242. The maximum absolute atomic E-state index is 12.4. The highest BCUT2D eigenvalue weighted by molar-refractivity contribution is 7.89. The van der Waals surface area contributed by atoms with Gasteiger partial charge in [-0.15, -0.1) is 12.4 Å². The van der Waals surface area contributed by atoms with Crippen molar-refractivity contribution in [2.45, 2.75) is 24.3 Å². The number of hydrogen-bond donors (Lipinski definition) is 2. The van der Waals surface area contributed by atoms with Gasteiger partial charge in [-0.1, -0.05) is 18.5 Å².